The average molecular weight is 343 g/mol. The lowest BCUT2D eigenvalue weighted by molar-refractivity contribution is -0.130. The third kappa shape index (κ3) is 3.39. The van der Waals surface area contributed by atoms with E-state index in [0.717, 1.165) is 49.8 Å². The van der Waals surface area contributed by atoms with Crippen LogP contribution in [0.2, 0.25) is 0 Å². The van der Waals surface area contributed by atoms with Gasteiger partial charge in [-0.05, 0) is 50.7 Å². The molecule has 2 saturated heterocycles. The third-order valence-corrected chi connectivity index (χ3v) is 6.48. The highest BCUT2D eigenvalue weighted by Gasteiger charge is 2.45. The third-order valence-electron chi connectivity index (χ3n) is 6.48. The van der Waals surface area contributed by atoms with Crippen LogP contribution in [0.3, 0.4) is 0 Å². The molecule has 4 rings (SSSR count). The molecular formula is C20H29N3O2. The molecule has 25 heavy (non-hydrogen) atoms. The van der Waals surface area contributed by atoms with Crippen molar-refractivity contribution in [2.75, 3.05) is 26.2 Å². The number of rotatable bonds is 3. The molecule has 0 bridgehead atoms. The molecule has 3 atom stereocenters. The van der Waals surface area contributed by atoms with Crippen molar-refractivity contribution in [3.8, 4) is 5.75 Å². The summed E-state index contributed by atoms with van der Waals surface area (Å²) in [5.41, 5.74) is 0.984. The minimum Gasteiger partial charge on any atom is -0.488 e. The summed E-state index contributed by atoms with van der Waals surface area (Å²) in [6.45, 7) is 7.90. The minimum absolute atomic E-state index is 0.219. The van der Waals surface area contributed by atoms with Gasteiger partial charge in [0.25, 0.3) is 0 Å². The Kier molecular flexibility index (Phi) is 4.67. The molecule has 0 N–H and O–H groups in total. The fourth-order valence-corrected chi connectivity index (χ4v) is 5.00. The van der Waals surface area contributed by atoms with Gasteiger partial charge in [0.1, 0.15) is 11.9 Å². The number of likely N-dealkylation sites (tertiary alicyclic amines) is 2. The summed E-state index contributed by atoms with van der Waals surface area (Å²) in [5.74, 6) is 2.58. The molecule has 0 unspecified atom stereocenters. The molecule has 0 radical (unpaired) electrons. The first-order valence-corrected chi connectivity index (χ1v) is 9.69. The summed E-state index contributed by atoms with van der Waals surface area (Å²) in [7, 11) is 0. The summed E-state index contributed by atoms with van der Waals surface area (Å²) in [6.07, 6.45) is 6.83. The topological polar surface area (TPSA) is 45.7 Å². The Hall–Kier alpha value is -1.62. The summed E-state index contributed by atoms with van der Waals surface area (Å²) in [4.78, 5) is 20.5. The largest absolute Gasteiger partial charge is 0.488 e. The van der Waals surface area contributed by atoms with Gasteiger partial charge in [-0.1, -0.05) is 0 Å². The lowest BCUT2D eigenvalue weighted by atomic mass is 9.99. The Labute approximate surface area is 150 Å². The Bertz CT molecular complexity index is 627. The van der Waals surface area contributed by atoms with Crippen LogP contribution in [-0.4, -0.2) is 59.0 Å². The fourth-order valence-electron chi connectivity index (χ4n) is 5.00. The van der Waals surface area contributed by atoms with Crippen molar-refractivity contribution >= 4 is 5.91 Å². The number of aryl methyl sites for hydroxylation is 1. The zero-order chi connectivity index (χ0) is 17.4. The van der Waals surface area contributed by atoms with Crippen molar-refractivity contribution in [3.05, 3.63) is 24.0 Å². The van der Waals surface area contributed by atoms with Gasteiger partial charge in [0.2, 0.25) is 5.91 Å². The number of amides is 1. The Balaban J connectivity index is 1.35. The van der Waals surface area contributed by atoms with Gasteiger partial charge in [-0.25, -0.2) is 0 Å². The molecule has 3 aliphatic rings. The van der Waals surface area contributed by atoms with Crippen LogP contribution in [0.4, 0.5) is 0 Å². The molecular weight excluding hydrogens is 314 g/mol. The molecule has 1 saturated carbocycles. The van der Waals surface area contributed by atoms with Crippen LogP contribution in [0.25, 0.3) is 0 Å². The van der Waals surface area contributed by atoms with E-state index in [1.807, 2.05) is 30.2 Å². The van der Waals surface area contributed by atoms with Gasteiger partial charge in [-0.2, -0.15) is 0 Å². The predicted molar refractivity (Wildman–Crippen MR) is 96.5 cm³/mol. The highest BCUT2D eigenvalue weighted by atomic mass is 16.5. The van der Waals surface area contributed by atoms with Crippen molar-refractivity contribution in [2.45, 2.75) is 51.7 Å². The monoisotopic (exact) mass is 343 g/mol. The normalized spacial score (nSPS) is 30.5. The highest BCUT2D eigenvalue weighted by molar-refractivity contribution is 5.73. The van der Waals surface area contributed by atoms with Crippen LogP contribution in [-0.2, 0) is 4.79 Å². The average Bonchev–Trinajstić information content (AvgIpc) is 3.19. The highest BCUT2D eigenvalue weighted by Crippen LogP contribution is 2.41. The quantitative estimate of drug-likeness (QED) is 0.846. The zero-order valence-electron chi connectivity index (χ0n) is 15.4. The molecule has 0 aromatic carbocycles. The van der Waals surface area contributed by atoms with Crippen molar-refractivity contribution in [1.29, 1.82) is 0 Å². The van der Waals surface area contributed by atoms with Crippen LogP contribution in [0.15, 0.2) is 18.3 Å². The van der Waals surface area contributed by atoms with Gasteiger partial charge in [-0.3, -0.25) is 14.7 Å². The summed E-state index contributed by atoms with van der Waals surface area (Å²) in [6, 6.07) is 4.64. The smallest absolute Gasteiger partial charge is 0.219 e. The SMILES string of the molecule is CC(=O)N1CCC(N2C[C@H]3CC[C@@H](Oc4cccnc4C)[C@H]3C2)CC1. The minimum atomic E-state index is 0.219. The maximum absolute atomic E-state index is 11.5. The summed E-state index contributed by atoms with van der Waals surface area (Å²) >= 11 is 0. The van der Waals surface area contributed by atoms with E-state index in [2.05, 4.69) is 9.88 Å². The molecule has 3 heterocycles. The number of piperidine rings is 1. The number of carbonyl (C=O) groups excluding carboxylic acids is 1. The van der Waals surface area contributed by atoms with E-state index in [1.165, 1.54) is 19.4 Å². The second kappa shape index (κ2) is 6.94. The van der Waals surface area contributed by atoms with Gasteiger partial charge in [0, 0.05) is 51.3 Å². The van der Waals surface area contributed by atoms with E-state index >= 15 is 0 Å². The van der Waals surface area contributed by atoms with E-state index < -0.39 is 0 Å². The second-order valence-electron chi connectivity index (χ2n) is 7.94. The lowest BCUT2D eigenvalue weighted by Gasteiger charge is -2.37. The molecule has 0 spiro atoms. The number of pyridine rings is 1. The molecule has 3 fully saturated rings. The standard InChI is InChI=1S/C20H29N3O2/c1-14-19(4-3-9-21-14)25-20-6-5-16-12-23(13-18(16)20)17-7-10-22(11-8-17)15(2)24/h3-4,9,16-18,20H,5-8,10-13H2,1-2H3/t16-,18+,20-/m1/s1. The van der Waals surface area contributed by atoms with Gasteiger partial charge in [0.05, 0.1) is 5.69 Å². The number of nitrogens with zero attached hydrogens (tertiary/aromatic N) is 3. The number of hydrogen-bond acceptors (Lipinski definition) is 4. The molecule has 1 aromatic heterocycles. The fraction of sp³-hybridized carbons (Fsp3) is 0.700. The molecule has 1 amide bonds. The maximum Gasteiger partial charge on any atom is 0.219 e. The number of aromatic nitrogens is 1. The number of carbonyl (C=O) groups is 1. The first kappa shape index (κ1) is 16.8. The van der Waals surface area contributed by atoms with E-state index in [0.29, 0.717) is 18.1 Å². The van der Waals surface area contributed by atoms with Gasteiger partial charge >= 0.3 is 0 Å². The van der Waals surface area contributed by atoms with Crippen molar-refractivity contribution in [1.82, 2.24) is 14.8 Å². The first-order chi connectivity index (χ1) is 12.1. The molecule has 136 valence electrons. The van der Waals surface area contributed by atoms with Crippen molar-refractivity contribution in [3.63, 3.8) is 0 Å². The van der Waals surface area contributed by atoms with Gasteiger partial charge < -0.3 is 9.64 Å². The molecule has 2 aliphatic heterocycles. The zero-order valence-corrected chi connectivity index (χ0v) is 15.4. The maximum atomic E-state index is 11.5. The number of hydrogen-bond donors (Lipinski definition) is 0. The van der Waals surface area contributed by atoms with Crippen LogP contribution in [0.5, 0.6) is 5.75 Å². The summed E-state index contributed by atoms with van der Waals surface area (Å²) in [5, 5.41) is 0. The lowest BCUT2D eigenvalue weighted by Crippen LogP contribution is -2.46. The second-order valence-corrected chi connectivity index (χ2v) is 7.94. The molecule has 1 aromatic rings. The van der Waals surface area contributed by atoms with E-state index in [4.69, 9.17) is 4.74 Å². The van der Waals surface area contributed by atoms with Crippen LogP contribution < -0.4 is 4.74 Å². The van der Waals surface area contributed by atoms with Gasteiger partial charge in [0.15, 0.2) is 0 Å². The first-order valence-electron chi connectivity index (χ1n) is 9.69. The van der Waals surface area contributed by atoms with Crippen molar-refractivity contribution in [2.24, 2.45) is 11.8 Å². The molecule has 5 heteroatoms. The Morgan fingerprint density at radius 1 is 1.20 bits per heavy atom. The molecule has 5 nitrogen and oxygen atoms in total. The molecule has 1 aliphatic carbocycles. The van der Waals surface area contributed by atoms with Crippen LogP contribution in [0, 0.1) is 18.8 Å². The van der Waals surface area contributed by atoms with E-state index in [1.54, 1.807) is 6.92 Å². The Morgan fingerprint density at radius 3 is 2.72 bits per heavy atom. The van der Waals surface area contributed by atoms with Gasteiger partial charge in [-0.15, -0.1) is 0 Å². The van der Waals surface area contributed by atoms with Crippen LogP contribution in [0.1, 0.15) is 38.3 Å². The van der Waals surface area contributed by atoms with E-state index in [-0.39, 0.29) is 5.91 Å². The summed E-state index contributed by atoms with van der Waals surface area (Å²) < 4.78 is 6.36. The van der Waals surface area contributed by atoms with Crippen LogP contribution >= 0.6 is 0 Å². The Morgan fingerprint density at radius 2 is 2.00 bits per heavy atom. The van der Waals surface area contributed by atoms with E-state index in [9.17, 15) is 4.79 Å². The number of ether oxygens (including phenoxy) is 1. The number of fused-ring (bicyclic) bond motifs is 1. The predicted octanol–water partition coefficient (Wildman–Crippen LogP) is 2.49. The van der Waals surface area contributed by atoms with Crippen molar-refractivity contribution < 1.29 is 9.53 Å².